The van der Waals surface area contributed by atoms with Gasteiger partial charge in [0, 0.05) is 13.1 Å². The van der Waals surface area contributed by atoms with Crippen molar-refractivity contribution in [3.8, 4) is 5.75 Å². The Hall–Kier alpha value is -2.22. The summed E-state index contributed by atoms with van der Waals surface area (Å²) in [6.07, 6.45) is -1.11. The maximum Gasteiger partial charge on any atom is 0.387 e. The maximum atomic E-state index is 12.4. The highest BCUT2D eigenvalue weighted by Crippen LogP contribution is 2.16. The Bertz CT molecular complexity index is 613. The van der Waals surface area contributed by atoms with Crippen molar-refractivity contribution in [3.05, 3.63) is 29.8 Å². The number of morpholine rings is 1. The van der Waals surface area contributed by atoms with E-state index in [2.05, 4.69) is 4.74 Å². The second-order valence-corrected chi connectivity index (χ2v) is 6.33. The molecule has 1 fully saturated rings. The monoisotopic (exact) mass is 371 g/mol. The molecule has 1 aliphatic rings. The van der Waals surface area contributed by atoms with E-state index in [1.807, 2.05) is 13.8 Å². The van der Waals surface area contributed by atoms with Gasteiger partial charge in [-0.1, -0.05) is 12.1 Å². The third kappa shape index (κ3) is 5.94. The minimum absolute atomic E-state index is 0.0104. The highest BCUT2D eigenvalue weighted by molar-refractivity contribution is 5.84. The summed E-state index contributed by atoms with van der Waals surface area (Å²) in [6, 6.07) is 5.69. The molecule has 0 aromatic heterocycles. The van der Waals surface area contributed by atoms with Gasteiger partial charge >= 0.3 is 12.6 Å². The second-order valence-electron chi connectivity index (χ2n) is 6.33. The van der Waals surface area contributed by atoms with Crippen molar-refractivity contribution < 1.29 is 32.6 Å². The highest BCUT2D eigenvalue weighted by Gasteiger charge is 2.30. The molecule has 1 aliphatic heterocycles. The average Bonchev–Trinajstić information content (AvgIpc) is 2.54. The van der Waals surface area contributed by atoms with Crippen molar-refractivity contribution in [2.45, 2.75) is 52.1 Å². The number of hydrogen-bond acceptors (Lipinski definition) is 5. The lowest BCUT2D eigenvalue weighted by Gasteiger charge is -2.36. The molecule has 0 aliphatic carbocycles. The van der Waals surface area contributed by atoms with Gasteiger partial charge in [-0.2, -0.15) is 8.78 Å². The van der Waals surface area contributed by atoms with Crippen LogP contribution in [-0.2, 0) is 25.5 Å². The summed E-state index contributed by atoms with van der Waals surface area (Å²) in [5, 5.41) is 0. The van der Waals surface area contributed by atoms with Crippen molar-refractivity contribution in [1.29, 1.82) is 0 Å². The number of carbonyl (C=O) groups excluding carboxylic acids is 2. The molecule has 1 aromatic carbocycles. The molecule has 0 saturated carbocycles. The zero-order valence-corrected chi connectivity index (χ0v) is 15.0. The Morgan fingerprint density at radius 1 is 1.19 bits per heavy atom. The zero-order valence-electron chi connectivity index (χ0n) is 15.0. The van der Waals surface area contributed by atoms with Gasteiger partial charge in [-0.15, -0.1) is 0 Å². The quantitative estimate of drug-likeness (QED) is 0.719. The number of carbonyl (C=O) groups is 2. The Labute approximate surface area is 151 Å². The molecular weight excluding hydrogens is 348 g/mol. The van der Waals surface area contributed by atoms with Gasteiger partial charge in [0.05, 0.1) is 18.6 Å². The fourth-order valence-corrected chi connectivity index (χ4v) is 2.86. The molecule has 8 heteroatoms. The lowest BCUT2D eigenvalue weighted by Crippen LogP contribution is -2.51. The predicted octanol–water partition coefficient (Wildman–Crippen LogP) is 2.40. The summed E-state index contributed by atoms with van der Waals surface area (Å²) in [5.74, 6) is -0.819. The predicted molar refractivity (Wildman–Crippen MR) is 88.9 cm³/mol. The van der Waals surface area contributed by atoms with Crippen molar-refractivity contribution in [1.82, 2.24) is 4.90 Å². The van der Waals surface area contributed by atoms with E-state index in [0.29, 0.717) is 18.7 Å². The fourth-order valence-electron chi connectivity index (χ4n) is 2.86. The van der Waals surface area contributed by atoms with Gasteiger partial charge in [0.2, 0.25) is 0 Å². The lowest BCUT2D eigenvalue weighted by molar-refractivity contribution is -0.164. The van der Waals surface area contributed by atoms with Crippen LogP contribution in [0, 0.1) is 0 Å². The van der Waals surface area contributed by atoms with E-state index in [1.165, 1.54) is 31.2 Å². The molecule has 1 amide bonds. The number of benzene rings is 1. The summed E-state index contributed by atoms with van der Waals surface area (Å²) in [7, 11) is 0. The van der Waals surface area contributed by atoms with E-state index in [9.17, 15) is 18.4 Å². The van der Waals surface area contributed by atoms with Crippen LogP contribution in [-0.4, -0.2) is 54.8 Å². The molecule has 26 heavy (non-hydrogen) atoms. The Kier molecular flexibility index (Phi) is 6.90. The second kappa shape index (κ2) is 8.93. The molecule has 1 saturated heterocycles. The maximum absolute atomic E-state index is 12.4. The van der Waals surface area contributed by atoms with Gasteiger partial charge in [0.25, 0.3) is 5.91 Å². The van der Waals surface area contributed by atoms with Gasteiger partial charge < -0.3 is 19.1 Å². The van der Waals surface area contributed by atoms with Crippen LogP contribution in [0.4, 0.5) is 8.78 Å². The van der Waals surface area contributed by atoms with Gasteiger partial charge in [0.15, 0.2) is 6.10 Å². The number of esters is 1. The molecule has 0 N–H and O–H groups in total. The molecule has 0 bridgehead atoms. The number of nitrogens with zero attached hydrogens (tertiary/aromatic N) is 1. The minimum atomic E-state index is -2.90. The van der Waals surface area contributed by atoms with Crippen molar-refractivity contribution in [2.24, 2.45) is 0 Å². The SMILES string of the molecule is CC1CN(C(=O)C(C)OC(=O)Cc2ccc(OC(F)F)cc2)CC(C)O1. The summed E-state index contributed by atoms with van der Waals surface area (Å²) >= 11 is 0. The number of halogens is 2. The zero-order chi connectivity index (χ0) is 19.3. The van der Waals surface area contributed by atoms with Gasteiger partial charge in [0.1, 0.15) is 5.75 Å². The molecule has 1 aromatic rings. The van der Waals surface area contributed by atoms with Crippen molar-refractivity contribution in [3.63, 3.8) is 0 Å². The van der Waals surface area contributed by atoms with E-state index in [1.54, 1.807) is 4.90 Å². The van der Waals surface area contributed by atoms with Gasteiger partial charge in [-0.05, 0) is 38.5 Å². The van der Waals surface area contributed by atoms with Crippen LogP contribution in [0.3, 0.4) is 0 Å². The third-order valence-electron chi connectivity index (χ3n) is 3.88. The molecule has 3 atom stereocenters. The summed E-state index contributed by atoms with van der Waals surface area (Å²) < 4.78 is 39.3. The number of alkyl halides is 2. The van der Waals surface area contributed by atoms with Crippen LogP contribution in [0.5, 0.6) is 5.75 Å². The molecule has 3 unspecified atom stereocenters. The first-order valence-electron chi connectivity index (χ1n) is 8.42. The summed E-state index contributed by atoms with van der Waals surface area (Å²) in [6.45, 7) is 3.31. The molecule has 6 nitrogen and oxygen atoms in total. The topological polar surface area (TPSA) is 65.1 Å². The molecule has 0 radical (unpaired) electrons. The Morgan fingerprint density at radius 2 is 1.77 bits per heavy atom. The van der Waals surface area contributed by atoms with E-state index in [-0.39, 0.29) is 30.3 Å². The molecule has 1 heterocycles. The van der Waals surface area contributed by atoms with E-state index in [4.69, 9.17) is 9.47 Å². The standard InChI is InChI=1S/C18H23F2NO5/c1-11-9-21(10-12(2)24-11)17(23)13(3)25-16(22)8-14-4-6-15(7-5-14)26-18(19)20/h4-7,11-13,18H,8-10H2,1-3H3. The van der Waals surface area contributed by atoms with Crippen LogP contribution in [0.15, 0.2) is 24.3 Å². The van der Waals surface area contributed by atoms with Crippen LogP contribution in [0.1, 0.15) is 26.3 Å². The number of hydrogen-bond donors (Lipinski definition) is 0. The average molecular weight is 371 g/mol. The Morgan fingerprint density at radius 3 is 2.31 bits per heavy atom. The molecule has 2 rings (SSSR count). The number of rotatable bonds is 6. The van der Waals surface area contributed by atoms with Gasteiger partial charge in [-0.3, -0.25) is 9.59 Å². The largest absolute Gasteiger partial charge is 0.452 e. The third-order valence-corrected chi connectivity index (χ3v) is 3.88. The smallest absolute Gasteiger partial charge is 0.387 e. The van der Waals surface area contributed by atoms with Crippen LogP contribution in [0.25, 0.3) is 0 Å². The molecule has 144 valence electrons. The van der Waals surface area contributed by atoms with E-state index < -0.39 is 18.7 Å². The summed E-state index contributed by atoms with van der Waals surface area (Å²) in [5.41, 5.74) is 0.574. The van der Waals surface area contributed by atoms with Crippen molar-refractivity contribution >= 4 is 11.9 Å². The first-order valence-corrected chi connectivity index (χ1v) is 8.42. The minimum Gasteiger partial charge on any atom is -0.452 e. The Balaban J connectivity index is 1.85. The van der Waals surface area contributed by atoms with E-state index in [0.717, 1.165) is 0 Å². The molecular formula is C18H23F2NO5. The van der Waals surface area contributed by atoms with E-state index >= 15 is 0 Å². The van der Waals surface area contributed by atoms with Crippen LogP contribution in [0.2, 0.25) is 0 Å². The van der Waals surface area contributed by atoms with Crippen LogP contribution >= 0.6 is 0 Å². The first kappa shape index (κ1) is 20.1. The first-order chi connectivity index (χ1) is 12.2. The number of ether oxygens (including phenoxy) is 3. The summed E-state index contributed by atoms with van der Waals surface area (Å²) in [4.78, 5) is 26.1. The molecule has 0 spiro atoms. The van der Waals surface area contributed by atoms with Gasteiger partial charge in [-0.25, -0.2) is 0 Å². The van der Waals surface area contributed by atoms with Crippen molar-refractivity contribution in [2.75, 3.05) is 13.1 Å². The van der Waals surface area contributed by atoms with Crippen LogP contribution < -0.4 is 4.74 Å². The fraction of sp³-hybridized carbons (Fsp3) is 0.556. The normalized spacial score (nSPS) is 21.4. The number of amides is 1. The highest BCUT2D eigenvalue weighted by atomic mass is 19.3. The lowest BCUT2D eigenvalue weighted by atomic mass is 10.1.